The number of carbonyl (C=O) groups is 7. The highest BCUT2D eigenvalue weighted by atomic mass is 35.5. The lowest BCUT2D eigenvalue weighted by atomic mass is 10.0. The number of rotatable bonds is 11. The van der Waals surface area contributed by atoms with Crippen LogP contribution in [0.3, 0.4) is 0 Å². The molecule has 4 aromatic rings. The summed E-state index contributed by atoms with van der Waals surface area (Å²) < 4.78 is 20.0. The number of piperidine rings is 1. The smallest absolute Gasteiger partial charge is 0.276 e. The number of halogens is 3. The van der Waals surface area contributed by atoms with Gasteiger partial charge in [0.1, 0.15) is 18.0 Å². The van der Waals surface area contributed by atoms with Crippen molar-refractivity contribution >= 4 is 81.7 Å². The normalized spacial score (nSPS) is 19.2. The zero-order valence-electron chi connectivity index (χ0n) is 33.5. The second-order valence-corrected chi connectivity index (χ2v) is 15.9. The minimum atomic E-state index is -1.10. The summed E-state index contributed by atoms with van der Waals surface area (Å²) in [7, 11) is 0. The molecule has 322 valence electrons. The molecule has 7 amide bonds. The predicted molar refractivity (Wildman–Crippen MR) is 224 cm³/mol. The van der Waals surface area contributed by atoms with Crippen molar-refractivity contribution in [3.8, 4) is 5.75 Å². The first kappa shape index (κ1) is 43.4. The lowest BCUT2D eigenvalue weighted by molar-refractivity contribution is -0.138. The van der Waals surface area contributed by atoms with Gasteiger partial charge in [0.15, 0.2) is 17.3 Å². The number of benzene rings is 3. The number of aromatic nitrogens is 2. The highest BCUT2D eigenvalue weighted by Gasteiger charge is 2.45. The van der Waals surface area contributed by atoms with Crippen LogP contribution in [0.25, 0.3) is 0 Å². The van der Waals surface area contributed by atoms with E-state index >= 15 is 0 Å². The van der Waals surface area contributed by atoms with Gasteiger partial charge in [-0.05, 0) is 75.7 Å². The topological polar surface area (TPSA) is 226 Å². The molecular formula is C42H40Cl2FN9O8. The van der Waals surface area contributed by atoms with Crippen LogP contribution in [0, 0.1) is 5.82 Å². The summed E-state index contributed by atoms with van der Waals surface area (Å²) in [6.07, 6.45) is -0.785. The van der Waals surface area contributed by atoms with Gasteiger partial charge in [0.2, 0.25) is 17.7 Å². The van der Waals surface area contributed by atoms with E-state index in [0.29, 0.717) is 16.9 Å². The second-order valence-electron chi connectivity index (χ2n) is 15.1. The molecule has 1 unspecified atom stereocenters. The maximum Gasteiger partial charge on any atom is 0.276 e. The first-order valence-corrected chi connectivity index (χ1v) is 20.3. The molecule has 62 heavy (non-hydrogen) atoms. The van der Waals surface area contributed by atoms with Crippen molar-refractivity contribution in [2.75, 3.05) is 36.0 Å². The molecule has 7 rings (SSSR count). The Morgan fingerprint density at radius 1 is 0.984 bits per heavy atom. The molecule has 17 nitrogen and oxygen atoms in total. The van der Waals surface area contributed by atoms with E-state index < -0.39 is 47.5 Å². The maximum absolute atomic E-state index is 14.1. The lowest BCUT2D eigenvalue weighted by Crippen LogP contribution is -2.59. The fourth-order valence-corrected chi connectivity index (χ4v) is 8.58. The van der Waals surface area contributed by atoms with Crippen molar-refractivity contribution < 1.29 is 42.7 Å². The molecule has 1 aromatic heterocycles. The number of nitrogens with two attached hydrogens (primary N) is 1. The Morgan fingerprint density at radius 2 is 1.69 bits per heavy atom. The van der Waals surface area contributed by atoms with E-state index in [9.17, 15) is 38.0 Å². The number of hydrogen-bond acceptors (Lipinski definition) is 12. The molecule has 0 aliphatic carbocycles. The monoisotopic (exact) mass is 887 g/mol. The van der Waals surface area contributed by atoms with E-state index in [1.807, 2.05) is 13.8 Å². The number of amides is 7. The van der Waals surface area contributed by atoms with Crippen LogP contribution >= 0.6 is 23.2 Å². The zero-order chi connectivity index (χ0) is 44.6. The Kier molecular flexibility index (Phi) is 12.4. The van der Waals surface area contributed by atoms with Crippen molar-refractivity contribution in [1.82, 2.24) is 30.2 Å². The molecule has 3 aliphatic heterocycles. The van der Waals surface area contributed by atoms with Crippen molar-refractivity contribution in [3.63, 3.8) is 0 Å². The van der Waals surface area contributed by atoms with Gasteiger partial charge in [-0.1, -0.05) is 29.3 Å². The fourth-order valence-electron chi connectivity index (χ4n) is 7.90. The minimum Gasteiger partial charge on any atom is -0.482 e. The number of imide groups is 2. The molecule has 4 heterocycles. The van der Waals surface area contributed by atoms with Crippen molar-refractivity contribution in [2.45, 2.75) is 64.3 Å². The molecule has 2 fully saturated rings. The van der Waals surface area contributed by atoms with Gasteiger partial charge in [-0.2, -0.15) is 0 Å². The molecule has 0 radical (unpaired) electrons. The number of nitrogens with one attached hydrogen (secondary N) is 3. The number of anilines is 3. The second kappa shape index (κ2) is 17.7. The van der Waals surface area contributed by atoms with Crippen molar-refractivity contribution in [3.05, 3.63) is 104 Å². The number of nitrogen functional groups attached to an aromatic ring is 1. The van der Waals surface area contributed by atoms with Crippen LogP contribution in [0.2, 0.25) is 10.0 Å². The number of carbonyl (C=O) groups excluding carboxylic acids is 7. The summed E-state index contributed by atoms with van der Waals surface area (Å²) in [4.78, 5) is 95.3. The van der Waals surface area contributed by atoms with Crippen molar-refractivity contribution in [1.29, 1.82) is 0 Å². The number of nitrogens with zero attached hydrogens (tertiary/aromatic N) is 5. The van der Waals surface area contributed by atoms with Gasteiger partial charge in [-0.3, -0.25) is 43.8 Å². The van der Waals surface area contributed by atoms with Crippen LogP contribution in [0.1, 0.15) is 93.3 Å². The van der Waals surface area contributed by atoms with Gasteiger partial charge < -0.3 is 30.9 Å². The minimum absolute atomic E-state index is 0.00409. The Labute approximate surface area is 364 Å². The third-order valence-corrected chi connectivity index (χ3v) is 11.5. The average Bonchev–Trinajstić information content (AvgIpc) is 3.48. The number of hydrogen-bond donors (Lipinski definition) is 4. The first-order valence-electron chi connectivity index (χ1n) is 19.6. The number of fused-ring (bicyclic) bond motifs is 1. The Balaban J connectivity index is 0.918. The number of piperazine rings is 1. The van der Waals surface area contributed by atoms with Crippen LogP contribution in [0.5, 0.6) is 5.75 Å². The summed E-state index contributed by atoms with van der Waals surface area (Å²) in [5.41, 5.74) is 7.27. The Bertz CT molecular complexity index is 2510. The quantitative estimate of drug-likeness (QED) is 0.117. The van der Waals surface area contributed by atoms with E-state index in [0.717, 1.165) is 11.0 Å². The molecule has 5 N–H and O–H groups in total. The van der Waals surface area contributed by atoms with Gasteiger partial charge >= 0.3 is 0 Å². The van der Waals surface area contributed by atoms with E-state index in [1.54, 1.807) is 53.1 Å². The van der Waals surface area contributed by atoms with Crippen molar-refractivity contribution in [2.24, 2.45) is 0 Å². The van der Waals surface area contributed by atoms with Crippen LogP contribution < -0.4 is 26.4 Å². The maximum atomic E-state index is 14.1. The number of ether oxygens (including phenoxy) is 1. The summed E-state index contributed by atoms with van der Waals surface area (Å²) >= 11 is 12.3. The SMILES string of the molecule is C[C@@H]1CN(C(=O)c2ccc(NC(=O)c3cc(O[C@H](C)c4c(Cl)ccc(F)c4Cl)c(N)nn3)cc2)C[C@H](C)N1C(=O)CCNc1cccc2c1C(=O)N(C1CCC(=O)NC1=O)C2=O. The van der Waals surface area contributed by atoms with Gasteiger partial charge in [-0.25, -0.2) is 4.39 Å². The lowest BCUT2D eigenvalue weighted by Gasteiger charge is -2.44. The van der Waals surface area contributed by atoms with Gasteiger partial charge in [0.05, 0.1) is 16.1 Å². The van der Waals surface area contributed by atoms with Gasteiger partial charge in [0.25, 0.3) is 23.6 Å². The summed E-state index contributed by atoms with van der Waals surface area (Å²) in [6.45, 7) is 5.93. The van der Waals surface area contributed by atoms with E-state index in [2.05, 4.69) is 26.1 Å². The Hall–Kier alpha value is -6.66. The summed E-state index contributed by atoms with van der Waals surface area (Å²) in [5, 5.41) is 15.6. The first-order chi connectivity index (χ1) is 29.5. The zero-order valence-corrected chi connectivity index (χ0v) is 35.1. The molecule has 2 saturated heterocycles. The largest absolute Gasteiger partial charge is 0.482 e. The van der Waals surface area contributed by atoms with Crippen LogP contribution in [0.4, 0.5) is 21.6 Å². The molecule has 0 spiro atoms. The molecule has 3 aliphatic rings. The fraction of sp³-hybridized carbons (Fsp3) is 0.310. The van der Waals surface area contributed by atoms with Crippen LogP contribution in [0.15, 0.2) is 60.7 Å². The predicted octanol–water partition coefficient (Wildman–Crippen LogP) is 4.86. The molecular weight excluding hydrogens is 848 g/mol. The van der Waals surface area contributed by atoms with E-state index in [4.69, 9.17) is 33.7 Å². The van der Waals surface area contributed by atoms with Crippen LogP contribution in [-0.2, 0) is 14.4 Å². The standard InChI is InChI=1S/C42H40Cl2FN9O8/c1-20-18-52(19-21(2)53(20)33(56)15-16-47-28-6-4-5-25-35(28)42(61)54(41(25)60)30-13-14-32(55)49-39(30)58)40(59)23-7-9-24(10-8-23)48-38(57)29-17-31(37(46)51-50-29)62-22(3)34-26(43)11-12-27(45)36(34)44/h4-12,17,20-22,30,47H,13-16,18-19H2,1-3H3,(H2,46,51)(H,48,57)(H,49,55,58)/t20-,21+,22-,30?/m1/s1. The summed E-state index contributed by atoms with van der Waals surface area (Å²) in [5.74, 6) is -4.37. The highest BCUT2D eigenvalue weighted by molar-refractivity contribution is 6.36. The third-order valence-electron chi connectivity index (χ3n) is 10.8. The van der Waals surface area contributed by atoms with Gasteiger partial charge in [-0.15, -0.1) is 10.2 Å². The van der Waals surface area contributed by atoms with E-state index in [1.165, 1.54) is 18.2 Å². The third kappa shape index (κ3) is 8.60. The highest BCUT2D eigenvalue weighted by Crippen LogP contribution is 2.36. The molecule has 0 saturated carbocycles. The van der Waals surface area contributed by atoms with Gasteiger partial charge in [0, 0.05) is 78.2 Å². The molecule has 4 atom stereocenters. The Morgan fingerprint density at radius 3 is 2.39 bits per heavy atom. The van der Waals surface area contributed by atoms with E-state index in [-0.39, 0.29) is 107 Å². The van der Waals surface area contributed by atoms with Crippen LogP contribution in [-0.4, -0.2) is 104 Å². The molecule has 3 aromatic carbocycles. The summed E-state index contributed by atoms with van der Waals surface area (Å²) in [6, 6.07) is 12.9. The molecule has 0 bridgehead atoms. The average molecular weight is 889 g/mol. The molecule has 20 heteroatoms.